The molecule has 2 aromatic heterocycles. The average Bonchev–Trinajstić information content (AvgIpc) is 3.17. The van der Waals surface area contributed by atoms with Gasteiger partial charge >= 0.3 is 0 Å². The van der Waals surface area contributed by atoms with Gasteiger partial charge in [0.2, 0.25) is 5.88 Å². The molecule has 0 fully saturated rings. The maximum atomic E-state index is 11.9. The lowest BCUT2D eigenvalue weighted by molar-refractivity contribution is -0.123. The maximum absolute atomic E-state index is 11.9. The van der Waals surface area contributed by atoms with Crippen molar-refractivity contribution < 1.29 is 9.53 Å². The van der Waals surface area contributed by atoms with Gasteiger partial charge in [-0.2, -0.15) is 0 Å². The van der Waals surface area contributed by atoms with Gasteiger partial charge in [0.15, 0.2) is 6.61 Å². The minimum atomic E-state index is -0.200. The summed E-state index contributed by atoms with van der Waals surface area (Å²) in [6.45, 7) is 4.17. The van der Waals surface area contributed by atoms with E-state index in [0.29, 0.717) is 12.4 Å². The van der Waals surface area contributed by atoms with Gasteiger partial charge in [0, 0.05) is 17.1 Å². The zero-order valence-corrected chi connectivity index (χ0v) is 14.3. The number of benzene rings is 1. The fourth-order valence-corrected chi connectivity index (χ4v) is 2.78. The van der Waals surface area contributed by atoms with E-state index in [1.807, 2.05) is 55.8 Å². The van der Waals surface area contributed by atoms with Crippen LogP contribution in [0.1, 0.15) is 16.3 Å². The molecule has 3 rings (SSSR count). The van der Waals surface area contributed by atoms with E-state index < -0.39 is 0 Å². The summed E-state index contributed by atoms with van der Waals surface area (Å²) in [5, 5.41) is 10.1. The molecule has 0 atom stereocenters. The number of thiazole rings is 1. The predicted octanol–water partition coefficient (Wildman–Crippen LogP) is 2.64. The van der Waals surface area contributed by atoms with Crippen molar-refractivity contribution in [1.29, 1.82) is 0 Å². The third-order valence-electron chi connectivity index (χ3n) is 3.35. The Labute approximate surface area is 144 Å². The smallest absolute Gasteiger partial charge is 0.258 e. The number of aryl methyl sites for hydroxylation is 2. The number of carbonyl (C=O) groups is 1. The minimum Gasteiger partial charge on any atom is -0.466 e. The van der Waals surface area contributed by atoms with Crippen molar-refractivity contribution in [2.24, 2.45) is 0 Å². The van der Waals surface area contributed by atoms with Crippen LogP contribution in [0.25, 0.3) is 5.69 Å². The predicted molar refractivity (Wildman–Crippen MR) is 92.5 cm³/mol. The Bertz CT molecular complexity index is 826. The number of hydrogen-bond donors (Lipinski definition) is 1. The third kappa shape index (κ3) is 3.99. The number of hydrogen-bond acceptors (Lipinski definition) is 5. The molecule has 124 valence electrons. The number of para-hydroxylation sites is 1. The van der Waals surface area contributed by atoms with Crippen LogP contribution >= 0.6 is 11.3 Å². The van der Waals surface area contributed by atoms with E-state index in [9.17, 15) is 4.79 Å². The molecular formula is C17H18N4O2S. The van der Waals surface area contributed by atoms with Crippen LogP contribution in [-0.4, -0.2) is 27.3 Å². The second kappa shape index (κ2) is 7.27. The fraction of sp³-hybridized carbons (Fsp3) is 0.235. The van der Waals surface area contributed by atoms with Gasteiger partial charge in [0.25, 0.3) is 5.91 Å². The highest BCUT2D eigenvalue weighted by molar-refractivity contribution is 7.09. The molecule has 0 aliphatic rings. The van der Waals surface area contributed by atoms with E-state index in [1.165, 1.54) is 0 Å². The molecule has 0 spiro atoms. The Balaban J connectivity index is 1.54. The number of carbonyl (C=O) groups excluding carboxylic acids is 1. The van der Waals surface area contributed by atoms with E-state index in [4.69, 9.17) is 4.74 Å². The fourth-order valence-electron chi connectivity index (χ4n) is 2.16. The molecule has 1 N–H and O–H groups in total. The van der Waals surface area contributed by atoms with E-state index >= 15 is 0 Å². The standard InChI is InChI=1S/C17H18N4O2S/c1-12-9-21(15-6-4-3-5-7-15)20-17(12)23-10-16(22)18-8-14-11-24-13(2)19-14/h3-7,9,11H,8,10H2,1-2H3,(H,18,22). The summed E-state index contributed by atoms with van der Waals surface area (Å²) < 4.78 is 7.27. The van der Waals surface area contributed by atoms with Crippen LogP contribution in [0, 0.1) is 13.8 Å². The zero-order chi connectivity index (χ0) is 16.9. The Morgan fingerprint density at radius 1 is 1.29 bits per heavy atom. The van der Waals surface area contributed by atoms with Crippen LogP contribution in [0.15, 0.2) is 41.9 Å². The average molecular weight is 342 g/mol. The molecule has 7 heteroatoms. The van der Waals surface area contributed by atoms with Crippen molar-refractivity contribution in [3.8, 4) is 11.6 Å². The lowest BCUT2D eigenvalue weighted by Crippen LogP contribution is -2.28. The normalized spacial score (nSPS) is 10.6. The van der Waals surface area contributed by atoms with Crippen molar-refractivity contribution >= 4 is 17.2 Å². The molecule has 0 saturated carbocycles. The number of ether oxygens (including phenoxy) is 1. The first-order valence-corrected chi connectivity index (χ1v) is 8.42. The maximum Gasteiger partial charge on any atom is 0.258 e. The second-order valence-electron chi connectivity index (χ2n) is 5.32. The first-order valence-electron chi connectivity index (χ1n) is 7.54. The van der Waals surface area contributed by atoms with Gasteiger partial charge in [-0.25, -0.2) is 9.67 Å². The molecule has 0 unspecified atom stereocenters. The quantitative estimate of drug-likeness (QED) is 0.748. The summed E-state index contributed by atoms with van der Waals surface area (Å²) in [6.07, 6.45) is 1.88. The highest BCUT2D eigenvalue weighted by Crippen LogP contribution is 2.17. The van der Waals surface area contributed by atoms with Gasteiger partial charge in [-0.05, 0) is 26.0 Å². The third-order valence-corrected chi connectivity index (χ3v) is 4.17. The monoisotopic (exact) mass is 342 g/mol. The van der Waals surface area contributed by atoms with Gasteiger partial charge in [0.05, 0.1) is 22.9 Å². The van der Waals surface area contributed by atoms with Crippen LogP contribution in [-0.2, 0) is 11.3 Å². The highest BCUT2D eigenvalue weighted by atomic mass is 32.1. The van der Waals surface area contributed by atoms with E-state index in [1.54, 1.807) is 16.0 Å². The van der Waals surface area contributed by atoms with Gasteiger partial charge in [-0.1, -0.05) is 18.2 Å². The second-order valence-corrected chi connectivity index (χ2v) is 6.38. The molecule has 3 aromatic rings. The summed E-state index contributed by atoms with van der Waals surface area (Å²) in [7, 11) is 0. The summed E-state index contributed by atoms with van der Waals surface area (Å²) in [5.41, 5.74) is 2.68. The SMILES string of the molecule is Cc1nc(CNC(=O)COc2nn(-c3ccccc3)cc2C)cs1. The van der Waals surface area contributed by atoms with E-state index in [-0.39, 0.29) is 12.5 Å². The molecule has 24 heavy (non-hydrogen) atoms. The largest absolute Gasteiger partial charge is 0.466 e. The molecule has 1 amide bonds. The van der Waals surface area contributed by atoms with Gasteiger partial charge in [-0.3, -0.25) is 4.79 Å². The number of nitrogens with one attached hydrogen (secondary N) is 1. The summed E-state index contributed by atoms with van der Waals surface area (Å²) >= 11 is 1.56. The van der Waals surface area contributed by atoms with Crippen molar-refractivity contribution in [1.82, 2.24) is 20.1 Å². The van der Waals surface area contributed by atoms with Crippen LogP contribution in [0.3, 0.4) is 0 Å². The Kier molecular flexibility index (Phi) is 4.90. The molecule has 2 heterocycles. The van der Waals surface area contributed by atoms with Crippen molar-refractivity contribution in [3.63, 3.8) is 0 Å². The molecule has 0 aliphatic carbocycles. The van der Waals surface area contributed by atoms with E-state index in [2.05, 4.69) is 15.4 Å². The van der Waals surface area contributed by atoms with Gasteiger partial charge in [0.1, 0.15) is 0 Å². The van der Waals surface area contributed by atoms with Gasteiger partial charge < -0.3 is 10.1 Å². The highest BCUT2D eigenvalue weighted by Gasteiger charge is 2.10. The zero-order valence-electron chi connectivity index (χ0n) is 13.5. The molecule has 0 radical (unpaired) electrons. The summed E-state index contributed by atoms with van der Waals surface area (Å²) in [4.78, 5) is 16.2. The number of aromatic nitrogens is 3. The Morgan fingerprint density at radius 3 is 2.79 bits per heavy atom. The Morgan fingerprint density at radius 2 is 2.08 bits per heavy atom. The van der Waals surface area contributed by atoms with Crippen LogP contribution in [0.2, 0.25) is 0 Å². The minimum absolute atomic E-state index is 0.0736. The first-order chi connectivity index (χ1) is 11.6. The number of amides is 1. The molecule has 6 nitrogen and oxygen atoms in total. The molecule has 0 saturated heterocycles. The summed E-state index contributed by atoms with van der Waals surface area (Å²) in [5.74, 6) is 0.257. The molecule has 1 aromatic carbocycles. The first kappa shape index (κ1) is 16.2. The molecular weight excluding hydrogens is 324 g/mol. The van der Waals surface area contributed by atoms with Crippen molar-refractivity contribution in [3.05, 3.63) is 58.2 Å². The summed E-state index contributed by atoms with van der Waals surface area (Å²) in [6, 6.07) is 9.75. The van der Waals surface area contributed by atoms with Crippen molar-refractivity contribution in [2.45, 2.75) is 20.4 Å². The van der Waals surface area contributed by atoms with Gasteiger partial charge in [-0.15, -0.1) is 16.4 Å². The van der Waals surface area contributed by atoms with Crippen molar-refractivity contribution in [2.75, 3.05) is 6.61 Å². The Hall–Kier alpha value is -2.67. The van der Waals surface area contributed by atoms with Crippen LogP contribution in [0.5, 0.6) is 5.88 Å². The number of nitrogens with zero attached hydrogens (tertiary/aromatic N) is 3. The molecule has 0 aliphatic heterocycles. The lowest BCUT2D eigenvalue weighted by Gasteiger charge is -2.05. The van der Waals surface area contributed by atoms with Crippen LogP contribution in [0.4, 0.5) is 0 Å². The lowest BCUT2D eigenvalue weighted by atomic mass is 10.3. The molecule has 0 bridgehead atoms. The van der Waals surface area contributed by atoms with E-state index in [0.717, 1.165) is 22.0 Å². The van der Waals surface area contributed by atoms with Crippen LogP contribution < -0.4 is 10.1 Å². The topological polar surface area (TPSA) is 69.0 Å². The number of rotatable bonds is 6.